The van der Waals surface area contributed by atoms with Gasteiger partial charge in [0.1, 0.15) is 4.90 Å². The maximum absolute atomic E-state index is 12.8. The second kappa shape index (κ2) is 7.56. The van der Waals surface area contributed by atoms with Crippen LogP contribution in [0.2, 0.25) is 5.02 Å². The highest BCUT2D eigenvalue weighted by atomic mass is 35.5. The average molecular weight is 381 g/mol. The molecular weight excluding hydrogens is 360 g/mol. The summed E-state index contributed by atoms with van der Waals surface area (Å²) in [6.45, 7) is 1.92. The summed E-state index contributed by atoms with van der Waals surface area (Å²) in [5.41, 5.74) is 1.27. The number of nitrogens with zero attached hydrogens (tertiary/aromatic N) is 2. The predicted molar refractivity (Wildman–Crippen MR) is 99.3 cm³/mol. The normalized spacial score (nSPS) is 12.9. The molecule has 7 heteroatoms. The largest absolute Gasteiger partial charge is 0.335 e. The summed E-state index contributed by atoms with van der Waals surface area (Å²) in [6, 6.07) is 13.8. The van der Waals surface area contributed by atoms with Gasteiger partial charge < -0.3 is 4.90 Å². The second-order valence-electron chi connectivity index (χ2n) is 5.94. The molecule has 1 amide bonds. The van der Waals surface area contributed by atoms with Crippen molar-refractivity contribution in [2.75, 3.05) is 21.1 Å². The molecule has 1 atom stereocenters. The van der Waals surface area contributed by atoms with Gasteiger partial charge in [0.2, 0.25) is 10.0 Å². The molecule has 2 aromatic rings. The molecule has 0 fully saturated rings. The van der Waals surface area contributed by atoms with E-state index in [4.69, 9.17) is 11.6 Å². The Kier molecular flexibility index (Phi) is 5.87. The number of rotatable bonds is 5. The summed E-state index contributed by atoms with van der Waals surface area (Å²) >= 11 is 6.04. The summed E-state index contributed by atoms with van der Waals surface area (Å²) in [4.78, 5) is 14.3. The molecule has 0 radical (unpaired) electrons. The molecule has 0 saturated carbocycles. The summed E-state index contributed by atoms with van der Waals surface area (Å²) < 4.78 is 25.8. The molecule has 0 unspecified atom stereocenters. The molecular formula is C18H21ClN2O3S. The number of amides is 1. The standard InChI is InChI=1S/C18H21ClN2O3S/c1-13(14-8-6-5-7-9-14)21(4)18(22)15-10-11-16(19)17(12-15)25(23,24)20(2)3/h5-13H,1-4H3/t13-/m1/s1. The van der Waals surface area contributed by atoms with Crippen LogP contribution in [0.5, 0.6) is 0 Å². The molecule has 5 nitrogen and oxygen atoms in total. The molecule has 0 aliphatic carbocycles. The monoisotopic (exact) mass is 380 g/mol. The third kappa shape index (κ3) is 4.03. The minimum atomic E-state index is -3.73. The van der Waals surface area contributed by atoms with Crippen LogP contribution < -0.4 is 0 Å². The molecule has 0 spiro atoms. The SMILES string of the molecule is C[C@H](c1ccccc1)N(C)C(=O)c1ccc(Cl)c(S(=O)(=O)N(C)C)c1. The van der Waals surface area contributed by atoms with Gasteiger partial charge in [-0.2, -0.15) is 0 Å². The van der Waals surface area contributed by atoms with Crippen molar-refractivity contribution >= 4 is 27.5 Å². The molecule has 0 heterocycles. The molecule has 0 N–H and O–H groups in total. The van der Waals surface area contributed by atoms with Crippen molar-refractivity contribution in [3.63, 3.8) is 0 Å². The Morgan fingerprint density at radius 2 is 1.64 bits per heavy atom. The fraction of sp³-hybridized carbons (Fsp3) is 0.278. The molecule has 25 heavy (non-hydrogen) atoms. The molecule has 2 rings (SSSR count). The molecule has 0 saturated heterocycles. The molecule has 0 aliphatic heterocycles. The highest BCUT2D eigenvalue weighted by Crippen LogP contribution is 2.27. The van der Waals surface area contributed by atoms with Crippen molar-refractivity contribution in [3.8, 4) is 0 Å². The molecule has 0 bridgehead atoms. The number of carbonyl (C=O) groups is 1. The van der Waals surface area contributed by atoms with E-state index in [1.54, 1.807) is 11.9 Å². The van der Waals surface area contributed by atoms with Crippen molar-refractivity contribution in [1.82, 2.24) is 9.21 Å². The van der Waals surface area contributed by atoms with Gasteiger partial charge in [-0.15, -0.1) is 0 Å². The van der Waals surface area contributed by atoms with Gasteiger partial charge in [0.15, 0.2) is 0 Å². The van der Waals surface area contributed by atoms with Crippen LogP contribution in [0, 0.1) is 0 Å². The number of halogens is 1. The van der Waals surface area contributed by atoms with E-state index in [1.165, 1.54) is 32.3 Å². The van der Waals surface area contributed by atoms with Crippen LogP contribution >= 0.6 is 11.6 Å². The molecule has 0 aliphatic rings. The number of sulfonamides is 1. The summed E-state index contributed by atoms with van der Waals surface area (Å²) in [7, 11) is 0.799. The first kappa shape index (κ1) is 19.4. The van der Waals surface area contributed by atoms with E-state index in [0.29, 0.717) is 0 Å². The highest BCUT2D eigenvalue weighted by Gasteiger charge is 2.24. The van der Waals surface area contributed by atoms with E-state index in [9.17, 15) is 13.2 Å². The van der Waals surface area contributed by atoms with Crippen LogP contribution in [0.25, 0.3) is 0 Å². The average Bonchev–Trinajstić information content (AvgIpc) is 2.60. The second-order valence-corrected chi connectivity index (χ2v) is 8.46. The zero-order chi connectivity index (χ0) is 18.8. The fourth-order valence-corrected chi connectivity index (χ4v) is 3.76. The highest BCUT2D eigenvalue weighted by molar-refractivity contribution is 7.89. The van der Waals surface area contributed by atoms with Gasteiger partial charge in [0, 0.05) is 26.7 Å². The van der Waals surface area contributed by atoms with Crippen LogP contribution in [0.4, 0.5) is 0 Å². The van der Waals surface area contributed by atoms with E-state index >= 15 is 0 Å². The van der Waals surface area contributed by atoms with Gasteiger partial charge in [0.05, 0.1) is 11.1 Å². The zero-order valence-corrected chi connectivity index (χ0v) is 16.2. The summed E-state index contributed by atoms with van der Waals surface area (Å²) in [5, 5.41) is 0.0870. The minimum Gasteiger partial charge on any atom is -0.335 e. The Bertz CT molecular complexity index is 867. The smallest absolute Gasteiger partial charge is 0.254 e. The van der Waals surface area contributed by atoms with E-state index in [0.717, 1.165) is 9.87 Å². The number of hydrogen-bond donors (Lipinski definition) is 0. The summed E-state index contributed by atoms with van der Waals surface area (Å²) in [6.07, 6.45) is 0. The predicted octanol–water partition coefficient (Wildman–Crippen LogP) is 3.42. The van der Waals surface area contributed by atoms with E-state index < -0.39 is 10.0 Å². The lowest BCUT2D eigenvalue weighted by Crippen LogP contribution is -2.30. The van der Waals surface area contributed by atoms with Crippen molar-refractivity contribution in [2.24, 2.45) is 0 Å². The first-order valence-electron chi connectivity index (χ1n) is 7.70. The van der Waals surface area contributed by atoms with Crippen molar-refractivity contribution in [2.45, 2.75) is 17.9 Å². The zero-order valence-electron chi connectivity index (χ0n) is 14.6. The maximum atomic E-state index is 12.8. The van der Waals surface area contributed by atoms with Crippen molar-refractivity contribution in [1.29, 1.82) is 0 Å². The van der Waals surface area contributed by atoms with Crippen LogP contribution in [0.1, 0.15) is 28.9 Å². The van der Waals surface area contributed by atoms with Gasteiger partial charge in [-0.1, -0.05) is 41.9 Å². The van der Waals surface area contributed by atoms with Gasteiger partial charge >= 0.3 is 0 Å². The van der Waals surface area contributed by atoms with Crippen LogP contribution in [-0.4, -0.2) is 44.7 Å². The lowest BCUT2D eigenvalue weighted by atomic mass is 10.1. The quantitative estimate of drug-likeness (QED) is 0.798. The minimum absolute atomic E-state index is 0.0780. The molecule has 134 valence electrons. The maximum Gasteiger partial charge on any atom is 0.254 e. The lowest BCUT2D eigenvalue weighted by molar-refractivity contribution is 0.0742. The Morgan fingerprint density at radius 1 is 1.04 bits per heavy atom. The first-order chi connectivity index (χ1) is 11.7. The fourth-order valence-electron chi connectivity index (χ4n) is 2.37. The third-order valence-corrected chi connectivity index (χ3v) is 6.42. The van der Waals surface area contributed by atoms with Gasteiger partial charge in [-0.3, -0.25) is 4.79 Å². The van der Waals surface area contributed by atoms with Crippen LogP contribution in [0.15, 0.2) is 53.4 Å². The Labute approximate surface area is 153 Å². The molecule has 0 aromatic heterocycles. The third-order valence-electron chi connectivity index (χ3n) is 4.12. The van der Waals surface area contributed by atoms with Crippen molar-refractivity contribution < 1.29 is 13.2 Å². The number of carbonyl (C=O) groups excluding carboxylic acids is 1. The Hall–Kier alpha value is -1.89. The van der Waals surface area contributed by atoms with E-state index in [-0.39, 0.29) is 27.4 Å². The summed E-state index contributed by atoms with van der Waals surface area (Å²) in [5.74, 6) is -0.275. The van der Waals surface area contributed by atoms with Crippen molar-refractivity contribution in [3.05, 3.63) is 64.7 Å². The molecule has 2 aromatic carbocycles. The Balaban J connectivity index is 2.37. The number of benzene rings is 2. The lowest BCUT2D eigenvalue weighted by Gasteiger charge is -2.26. The first-order valence-corrected chi connectivity index (χ1v) is 9.52. The van der Waals surface area contributed by atoms with Gasteiger partial charge in [0.25, 0.3) is 5.91 Å². The number of hydrogen-bond acceptors (Lipinski definition) is 3. The Morgan fingerprint density at radius 3 is 2.20 bits per heavy atom. The van der Waals surface area contributed by atoms with Gasteiger partial charge in [-0.25, -0.2) is 12.7 Å². The van der Waals surface area contributed by atoms with E-state index in [1.807, 2.05) is 37.3 Å². The van der Waals surface area contributed by atoms with Gasteiger partial charge in [-0.05, 0) is 30.7 Å². The topological polar surface area (TPSA) is 57.7 Å². The van der Waals surface area contributed by atoms with Crippen LogP contribution in [0.3, 0.4) is 0 Å². The van der Waals surface area contributed by atoms with E-state index in [2.05, 4.69) is 0 Å². The van der Waals surface area contributed by atoms with Crippen LogP contribution in [-0.2, 0) is 10.0 Å².